The Morgan fingerprint density at radius 3 is 2.61 bits per heavy atom. The van der Waals surface area contributed by atoms with E-state index in [4.69, 9.17) is 0 Å². The van der Waals surface area contributed by atoms with Crippen molar-refractivity contribution in [3.8, 4) is 11.1 Å². The molecule has 0 fully saturated rings. The van der Waals surface area contributed by atoms with E-state index < -0.39 is 16.9 Å². The van der Waals surface area contributed by atoms with Crippen LogP contribution in [0.5, 0.6) is 0 Å². The molecule has 2 aromatic carbocycles. The van der Waals surface area contributed by atoms with Crippen LogP contribution in [-0.4, -0.2) is 26.5 Å². The highest BCUT2D eigenvalue weighted by molar-refractivity contribution is 6.04. The molecule has 0 aliphatic carbocycles. The molecule has 31 heavy (non-hydrogen) atoms. The lowest BCUT2D eigenvalue weighted by Gasteiger charge is -2.10. The molecule has 3 aromatic rings. The molecule has 1 aliphatic rings. The first-order valence-corrected chi connectivity index (χ1v) is 9.91. The molecule has 4 rings (SSSR count). The number of carbonyl (C=O) groups excluding carboxylic acids is 2. The lowest BCUT2D eigenvalue weighted by Crippen LogP contribution is -2.24. The number of aromatic nitrogens is 2. The fourth-order valence-corrected chi connectivity index (χ4v) is 3.70. The number of nitro groups is 1. The van der Waals surface area contributed by atoms with Gasteiger partial charge in [-0.1, -0.05) is 48.9 Å². The Kier molecular flexibility index (Phi) is 5.24. The second-order valence-electron chi connectivity index (χ2n) is 7.37. The van der Waals surface area contributed by atoms with Crippen molar-refractivity contribution >= 4 is 29.0 Å². The number of hydrogen-bond acceptors (Lipinski definition) is 5. The summed E-state index contributed by atoms with van der Waals surface area (Å²) in [4.78, 5) is 35.8. The SMILES string of the molecule is CCc1nn2c(c1-c1ccc(C)cc1)NC(=O)C2CC(=O)Nc1ccccc1[N+](=O)[O-]. The summed E-state index contributed by atoms with van der Waals surface area (Å²) in [6.07, 6.45) is 0.470. The van der Waals surface area contributed by atoms with Gasteiger partial charge >= 0.3 is 0 Å². The van der Waals surface area contributed by atoms with Crippen molar-refractivity contribution in [3.63, 3.8) is 0 Å². The topological polar surface area (TPSA) is 119 Å². The third-order valence-electron chi connectivity index (χ3n) is 5.25. The molecule has 1 unspecified atom stereocenters. The Bertz CT molecular complexity index is 1180. The molecule has 9 nitrogen and oxygen atoms in total. The number of nitro benzene ring substituents is 1. The second kappa shape index (κ2) is 8.02. The largest absolute Gasteiger partial charge is 0.320 e. The Hall–Kier alpha value is -4.01. The maximum Gasteiger partial charge on any atom is 0.292 e. The number of benzene rings is 2. The maximum absolute atomic E-state index is 12.6. The van der Waals surface area contributed by atoms with Crippen LogP contribution < -0.4 is 10.6 Å². The van der Waals surface area contributed by atoms with Crippen LogP contribution in [0, 0.1) is 17.0 Å². The van der Waals surface area contributed by atoms with Crippen LogP contribution in [0.3, 0.4) is 0 Å². The number of para-hydroxylation sites is 2. The van der Waals surface area contributed by atoms with Gasteiger partial charge in [-0.3, -0.25) is 19.7 Å². The zero-order valence-corrected chi connectivity index (χ0v) is 17.1. The first-order valence-electron chi connectivity index (χ1n) is 9.91. The molecule has 2 heterocycles. The summed E-state index contributed by atoms with van der Waals surface area (Å²) in [6.45, 7) is 3.98. The number of nitrogens with zero attached hydrogens (tertiary/aromatic N) is 3. The lowest BCUT2D eigenvalue weighted by molar-refractivity contribution is -0.383. The molecule has 0 bridgehead atoms. The molecule has 1 aromatic heterocycles. The number of carbonyl (C=O) groups is 2. The lowest BCUT2D eigenvalue weighted by atomic mass is 10.0. The van der Waals surface area contributed by atoms with Crippen LogP contribution >= 0.6 is 0 Å². The van der Waals surface area contributed by atoms with E-state index in [1.54, 1.807) is 10.7 Å². The average molecular weight is 419 g/mol. The predicted molar refractivity (Wildman–Crippen MR) is 116 cm³/mol. The van der Waals surface area contributed by atoms with Gasteiger partial charge in [0.05, 0.1) is 17.0 Å². The van der Waals surface area contributed by atoms with Crippen molar-refractivity contribution in [2.45, 2.75) is 32.7 Å². The minimum atomic E-state index is -0.831. The molecule has 9 heteroatoms. The number of rotatable bonds is 6. The molecule has 0 spiro atoms. The number of amides is 2. The van der Waals surface area contributed by atoms with Gasteiger partial charge in [0.25, 0.3) is 11.6 Å². The summed E-state index contributed by atoms with van der Waals surface area (Å²) >= 11 is 0. The zero-order valence-electron chi connectivity index (χ0n) is 17.1. The van der Waals surface area contributed by atoms with E-state index >= 15 is 0 Å². The minimum absolute atomic E-state index is 0.0891. The van der Waals surface area contributed by atoms with Gasteiger partial charge in [0.1, 0.15) is 17.5 Å². The highest BCUT2D eigenvalue weighted by Gasteiger charge is 2.37. The highest BCUT2D eigenvalue weighted by Crippen LogP contribution is 2.39. The first kappa shape index (κ1) is 20.3. The van der Waals surface area contributed by atoms with Crippen molar-refractivity contribution in [1.82, 2.24) is 9.78 Å². The van der Waals surface area contributed by atoms with E-state index in [0.29, 0.717) is 12.2 Å². The number of anilines is 2. The van der Waals surface area contributed by atoms with Gasteiger partial charge in [-0.25, -0.2) is 4.68 Å². The third-order valence-corrected chi connectivity index (χ3v) is 5.25. The summed E-state index contributed by atoms with van der Waals surface area (Å²) in [6, 6.07) is 13.0. The van der Waals surface area contributed by atoms with Crippen molar-refractivity contribution < 1.29 is 14.5 Å². The van der Waals surface area contributed by atoms with Crippen LogP contribution in [0.2, 0.25) is 0 Å². The van der Waals surface area contributed by atoms with Crippen LogP contribution in [0.15, 0.2) is 48.5 Å². The summed E-state index contributed by atoms with van der Waals surface area (Å²) in [5.41, 5.74) is 3.61. The molecule has 0 saturated carbocycles. The normalized spacial score (nSPS) is 14.8. The van der Waals surface area contributed by atoms with Crippen LogP contribution in [0.25, 0.3) is 11.1 Å². The molecule has 2 amide bonds. The van der Waals surface area contributed by atoms with Gasteiger partial charge in [0, 0.05) is 11.6 Å². The fraction of sp³-hybridized carbons (Fsp3) is 0.227. The Labute approximate surface area is 178 Å². The molecule has 158 valence electrons. The smallest absolute Gasteiger partial charge is 0.292 e. The molecule has 1 aliphatic heterocycles. The summed E-state index contributed by atoms with van der Waals surface area (Å²) in [5, 5.41) is 21.2. The quantitative estimate of drug-likeness (QED) is 0.465. The van der Waals surface area contributed by atoms with E-state index in [2.05, 4.69) is 15.7 Å². The number of nitrogens with one attached hydrogen (secondary N) is 2. The molecule has 0 saturated heterocycles. The van der Waals surface area contributed by atoms with Crippen LogP contribution in [0.4, 0.5) is 17.2 Å². The maximum atomic E-state index is 12.6. The van der Waals surface area contributed by atoms with Crippen molar-refractivity contribution in [1.29, 1.82) is 0 Å². The molecular formula is C22H21N5O4. The highest BCUT2D eigenvalue weighted by atomic mass is 16.6. The van der Waals surface area contributed by atoms with Gasteiger partial charge < -0.3 is 10.6 Å². The number of hydrogen-bond donors (Lipinski definition) is 2. The Morgan fingerprint density at radius 1 is 1.23 bits per heavy atom. The van der Waals surface area contributed by atoms with E-state index in [-0.39, 0.29) is 23.7 Å². The molecule has 2 N–H and O–H groups in total. The van der Waals surface area contributed by atoms with Crippen LogP contribution in [0.1, 0.15) is 30.6 Å². The van der Waals surface area contributed by atoms with Gasteiger partial charge in [0.15, 0.2) is 0 Å². The predicted octanol–water partition coefficient (Wildman–Crippen LogP) is 3.85. The van der Waals surface area contributed by atoms with Crippen molar-refractivity contribution in [3.05, 3.63) is 69.9 Å². The molecular weight excluding hydrogens is 398 g/mol. The average Bonchev–Trinajstić information content (AvgIpc) is 3.24. The number of aryl methyl sites for hydroxylation is 2. The van der Waals surface area contributed by atoms with E-state index in [0.717, 1.165) is 22.4 Å². The monoisotopic (exact) mass is 419 g/mol. The molecule has 0 radical (unpaired) electrons. The van der Waals surface area contributed by atoms with Gasteiger partial charge in [-0.05, 0) is 25.0 Å². The fourth-order valence-electron chi connectivity index (χ4n) is 3.70. The van der Waals surface area contributed by atoms with Crippen molar-refractivity contribution in [2.24, 2.45) is 0 Å². The zero-order chi connectivity index (χ0) is 22.1. The summed E-state index contributed by atoms with van der Waals surface area (Å²) in [5.74, 6) is -0.279. The first-order chi connectivity index (χ1) is 14.9. The second-order valence-corrected chi connectivity index (χ2v) is 7.37. The van der Waals surface area contributed by atoms with E-state index in [1.807, 2.05) is 38.1 Å². The van der Waals surface area contributed by atoms with Crippen LogP contribution in [-0.2, 0) is 16.0 Å². The van der Waals surface area contributed by atoms with Gasteiger partial charge in [-0.2, -0.15) is 5.10 Å². The molecule has 1 atom stereocenters. The van der Waals surface area contributed by atoms with Gasteiger partial charge in [0.2, 0.25) is 5.91 Å². The summed E-state index contributed by atoms with van der Waals surface area (Å²) < 4.78 is 1.55. The van der Waals surface area contributed by atoms with E-state index in [1.165, 1.54) is 18.2 Å². The minimum Gasteiger partial charge on any atom is -0.320 e. The summed E-state index contributed by atoms with van der Waals surface area (Å²) in [7, 11) is 0. The number of fused-ring (bicyclic) bond motifs is 1. The van der Waals surface area contributed by atoms with Crippen molar-refractivity contribution in [2.75, 3.05) is 10.6 Å². The Morgan fingerprint density at radius 2 is 1.94 bits per heavy atom. The Balaban J connectivity index is 1.61. The third kappa shape index (κ3) is 3.77. The van der Waals surface area contributed by atoms with Gasteiger partial charge in [-0.15, -0.1) is 0 Å². The van der Waals surface area contributed by atoms with E-state index in [9.17, 15) is 19.7 Å². The standard InChI is InChI=1S/C22H21N5O4/c1-3-15-20(14-10-8-13(2)9-11-14)21-24-22(29)18(26(21)25-15)12-19(28)23-16-6-4-5-7-17(16)27(30)31/h4-11,18H,3,12H2,1-2H3,(H,23,28)(H,24,29).